The van der Waals surface area contributed by atoms with Crippen molar-refractivity contribution in [3.63, 3.8) is 0 Å². The van der Waals surface area contributed by atoms with Gasteiger partial charge in [0.05, 0.1) is 22.0 Å². The third kappa shape index (κ3) is 4.93. The van der Waals surface area contributed by atoms with Gasteiger partial charge in [0, 0.05) is 16.9 Å². The van der Waals surface area contributed by atoms with E-state index in [2.05, 4.69) is 15.4 Å². The highest BCUT2D eigenvalue weighted by atomic mass is 35.5. The van der Waals surface area contributed by atoms with Crippen molar-refractivity contribution in [2.75, 3.05) is 5.32 Å². The molecule has 0 radical (unpaired) electrons. The second-order valence-electron chi connectivity index (χ2n) is 6.40. The number of carbonyl (C=O) groups excluding carboxylic acids is 2. The molecule has 0 saturated heterocycles. The van der Waals surface area contributed by atoms with Crippen LogP contribution in [0.4, 0.5) is 5.69 Å². The number of nitrogens with zero attached hydrogens (tertiary/aromatic N) is 3. The summed E-state index contributed by atoms with van der Waals surface area (Å²) in [5.41, 5.74) is 2.35. The van der Waals surface area contributed by atoms with Gasteiger partial charge in [-0.3, -0.25) is 4.79 Å². The van der Waals surface area contributed by atoms with Gasteiger partial charge in [-0.15, -0.1) is 0 Å². The second-order valence-corrected chi connectivity index (χ2v) is 7.25. The van der Waals surface area contributed by atoms with Crippen molar-refractivity contribution >= 4 is 40.8 Å². The topological polar surface area (TPSA) is 86.1 Å². The number of carbonyl (C=O) groups is 2. The Morgan fingerprint density at radius 2 is 1.90 bits per heavy atom. The van der Waals surface area contributed by atoms with E-state index in [1.807, 2.05) is 19.9 Å². The van der Waals surface area contributed by atoms with Crippen LogP contribution in [-0.2, 0) is 9.53 Å². The Hall–Kier alpha value is -2.90. The molecular formula is C20H18Cl2N4O3. The lowest BCUT2D eigenvalue weighted by Crippen LogP contribution is -2.30. The van der Waals surface area contributed by atoms with Gasteiger partial charge in [-0.2, -0.15) is 5.10 Å². The summed E-state index contributed by atoms with van der Waals surface area (Å²) >= 11 is 11.9. The van der Waals surface area contributed by atoms with Crippen LogP contribution in [0, 0.1) is 13.8 Å². The first-order valence-electron chi connectivity index (χ1n) is 8.71. The molecule has 29 heavy (non-hydrogen) atoms. The molecule has 0 spiro atoms. The molecule has 0 saturated carbocycles. The largest absolute Gasteiger partial charge is 0.449 e. The van der Waals surface area contributed by atoms with Crippen molar-refractivity contribution in [2.24, 2.45) is 0 Å². The van der Waals surface area contributed by atoms with Crippen LogP contribution >= 0.6 is 23.2 Å². The first kappa shape index (κ1) is 20.8. The fourth-order valence-electron chi connectivity index (χ4n) is 2.60. The SMILES string of the molecule is Cc1cc(C)n(-c2ccc(C(=O)OC(C)C(=O)Nc3cc(Cl)ccc3Cl)cn2)n1. The van der Waals surface area contributed by atoms with Gasteiger partial charge in [0.15, 0.2) is 11.9 Å². The number of pyridine rings is 1. The minimum Gasteiger partial charge on any atom is -0.449 e. The molecule has 2 aromatic heterocycles. The molecule has 2 heterocycles. The van der Waals surface area contributed by atoms with Crippen LogP contribution in [0.15, 0.2) is 42.6 Å². The van der Waals surface area contributed by atoms with Gasteiger partial charge in [0.25, 0.3) is 5.91 Å². The molecule has 9 heteroatoms. The van der Waals surface area contributed by atoms with E-state index in [0.717, 1.165) is 11.4 Å². The molecule has 0 aliphatic rings. The third-order valence-electron chi connectivity index (χ3n) is 4.05. The molecule has 150 valence electrons. The Morgan fingerprint density at radius 3 is 2.52 bits per heavy atom. The molecule has 1 N–H and O–H groups in total. The maximum atomic E-state index is 12.3. The van der Waals surface area contributed by atoms with E-state index >= 15 is 0 Å². The average Bonchev–Trinajstić information content (AvgIpc) is 3.02. The lowest BCUT2D eigenvalue weighted by molar-refractivity contribution is -0.123. The standard InChI is InChI=1S/C20H18Cl2N4O3/c1-11-8-12(2)26(25-11)18-7-4-14(10-23-18)20(28)29-13(3)19(27)24-17-9-15(21)5-6-16(17)22/h4-10,13H,1-3H3,(H,24,27). The van der Waals surface area contributed by atoms with Gasteiger partial charge in [0.1, 0.15) is 0 Å². The second kappa shape index (κ2) is 8.63. The van der Waals surface area contributed by atoms with Crippen molar-refractivity contribution in [1.82, 2.24) is 14.8 Å². The Bertz CT molecular complexity index is 1060. The maximum Gasteiger partial charge on any atom is 0.340 e. The van der Waals surface area contributed by atoms with Gasteiger partial charge >= 0.3 is 5.97 Å². The predicted molar refractivity (Wildman–Crippen MR) is 111 cm³/mol. The third-order valence-corrected chi connectivity index (χ3v) is 4.61. The number of ether oxygens (including phenoxy) is 1. The zero-order valence-corrected chi connectivity index (χ0v) is 17.5. The van der Waals surface area contributed by atoms with Crippen LogP contribution in [0.1, 0.15) is 28.7 Å². The van der Waals surface area contributed by atoms with Crippen LogP contribution in [-0.4, -0.2) is 32.7 Å². The van der Waals surface area contributed by atoms with Crippen LogP contribution in [0.2, 0.25) is 10.0 Å². The quantitative estimate of drug-likeness (QED) is 0.604. The number of benzene rings is 1. The summed E-state index contributed by atoms with van der Waals surface area (Å²) in [5.74, 6) is -0.625. The molecule has 3 rings (SSSR count). The molecule has 0 aliphatic heterocycles. The van der Waals surface area contributed by atoms with Crippen LogP contribution in [0.3, 0.4) is 0 Å². The number of esters is 1. The molecule has 1 aromatic carbocycles. The lowest BCUT2D eigenvalue weighted by Gasteiger charge is -2.14. The normalized spacial score (nSPS) is 11.8. The van der Waals surface area contributed by atoms with Crippen molar-refractivity contribution in [3.05, 3.63) is 69.6 Å². The zero-order chi connectivity index (χ0) is 21.1. The summed E-state index contributed by atoms with van der Waals surface area (Å²) in [5, 5.41) is 7.68. The lowest BCUT2D eigenvalue weighted by atomic mass is 10.2. The summed E-state index contributed by atoms with van der Waals surface area (Å²) < 4.78 is 6.90. The summed E-state index contributed by atoms with van der Waals surface area (Å²) in [6.45, 7) is 5.26. The summed E-state index contributed by atoms with van der Waals surface area (Å²) in [7, 11) is 0. The number of hydrogen-bond acceptors (Lipinski definition) is 5. The number of aromatic nitrogens is 3. The average molecular weight is 433 g/mol. The first-order valence-corrected chi connectivity index (χ1v) is 9.47. The van der Waals surface area contributed by atoms with Crippen LogP contribution in [0.5, 0.6) is 0 Å². The fourth-order valence-corrected chi connectivity index (χ4v) is 2.94. The minimum absolute atomic E-state index is 0.218. The maximum absolute atomic E-state index is 12.3. The van der Waals surface area contributed by atoms with Gasteiger partial charge in [0.2, 0.25) is 0 Å². The van der Waals surface area contributed by atoms with E-state index in [9.17, 15) is 9.59 Å². The van der Waals surface area contributed by atoms with Gasteiger partial charge in [-0.05, 0) is 57.2 Å². The van der Waals surface area contributed by atoms with Crippen LogP contribution in [0.25, 0.3) is 5.82 Å². The number of anilines is 1. The Balaban J connectivity index is 1.65. The van der Waals surface area contributed by atoms with Gasteiger partial charge in [-0.1, -0.05) is 23.2 Å². The molecular weight excluding hydrogens is 415 g/mol. The number of hydrogen-bond donors (Lipinski definition) is 1. The van der Waals surface area contributed by atoms with E-state index in [4.69, 9.17) is 27.9 Å². The Morgan fingerprint density at radius 1 is 1.14 bits per heavy atom. The number of nitrogens with one attached hydrogen (secondary N) is 1. The van der Waals surface area contributed by atoms with Crippen LogP contribution < -0.4 is 5.32 Å². The Kier molecular flexibility index (Phi) is 6.20. The van der Waals surface area contributed by atoms with Gasteiger partial charge < -0.3 is 10.1 Å². The van der Waals surface area contributed by atoms with Crippen molar-refractivity contribution in [3.8, 4) is 5.82 Å². The monoisotopic (exact) mass is 432 g/mol. The number of rotatable bonds is 5. The highest BCUT2D eigenvalue weighted by molar-refractivity contribution is 6.35. The number of amides is 1. The van der Waals surface area contributed by atoms with E-state index in [-0.39, 0.29) is 5.56 Å². The smallest absolute Gasteiger partial charge is 0.340 e. The Labute approximate surface area is 177 Å². The molecule has 0 fully saturated rings. The van der Waals surface area contributed by atoms with Crippen molar-refractivity contribution in [1.29, 1.82) is 0 Å². The van der Waals surface area contributed by atoms with E-state index < -0.39 is 18.0 Å². The highest BCUT2D eigenvalue weighted by Gasteiger charge is 2.20. The molecule has 3 aromatic rings. The molecule has 0 aliphatic carbocycles. The summed E-state index contributed by atoms with van der Waals surface area (Å²) in [4.78, 5) is 28.9. The first-order chi connectivity index (χ1) is 13.7. The van der Waals surface area contributed by atoms with Crippen molar-refractivity contribution < 1.29 is 14.3 Å². The predicted octanol–water partition coefficient (Wildman–Crippen LogP) is 4.37. The summed E-state index contributed by atoms with van der Waals surface area (Å²) in [6, 6.07) is 9.83. The molecule has 7 nitrogen and oxygen atoms in total. The van der Waals surface area contributed by atoms with E-state index in [1.165, 1.54) is 19.2 Å². The molecule has 0 bridgehead atoms. The minimum atomic E-state index is -1.05. The van der Waals surface area contributed by atoms with Gasteiger partial charge in [-0.25, -0.2) is 14.5 Å². The molecule has 1 amide bonds. The van der Waals surface area contributed by atoms with E-state index in [0.29, 0.717) is 21.6 Å². The highest BCUT2D eigenvalue weighted by Crippen LogP contribution is 2.25. The fraction of sp³-hybridized carbons (Fsp3) is 0.200. The summed E-state index contributed by atoms with van der Waals surface area (Å²) in [6.07, 6.45) is 0.334. The van der Waals surface area contributed by atoms with E-state index in [1.54, 1.807) is 28.9 Å². The number of aryl methyl sites for hydroxylation is 2. The van der Waals surface area contributed by atoms with Crippen molar-refractivity contribution in [2.45, 2.75) is 26.9 Å². The zero-order valence-electron chi connectivity index (χ0n) is 15.9. The molecule has 1 atom stereocenters. The molecule has 1 unspecified atom stereocenters. The number of halogens is 2.